The van der Waals surface area contributed by atoms with Crippen LogP contribution in [0.2, 0.25) is 0 Å². The van der Waals surface area contributed by atoms with Gasteiger partial charge in [-0.15, -0.1) is 0 Å². The molecule has 8 heteroatoms. The highest BCUT2D eigenvalue weighted by Gasteiger charge is 2.44. The molecule has 0 spiro atoms. The van der Waals surface area contributed by atoms with E-state index in [0.29, 0.717) is 35.5 Å². The van der Waals surface area contributed by atoms with Gasteiger partial charge < -0.3 is 0 Å². The number of Topliss-reactive ketones (excluding diaryl/α,β-unsaturated/α-hetero) is 1. The minimum Gasteiger partial charge on any atom is -0.294 e. The second-order valence-corrected chi connectivity index (χ2v) is 9.81. The fourth-order valence-electron chi connectivity index (χ4n) is 4.95. The largest absolute Gasteiger partial charge is 0.294 e. The number of H-pyrrole nitrogens is 1. The summed E-state index contributed by atoms with van der Waals surface area (Å²) in [4.78, 5) is 39.0. The Morgan fingerprint density at radius 1 is 1.03 bits per heavy atom. The van der Waals surface area contributed by atoms with Crippen molar-refractivity contribution in [1.29, 1.82) is 0 Å². The number of halogens is 1. The molecule has 2 aliphatic rings. The Hall–Kier alpha value is -4.07. The van der Waals surface area contributed by atoms with Gasteiger partial charge in [-0.1, -0.05) is 56.3 Å². The number of aromatic amines is 1. The third-order valence-electron chi connectivity index (χ3n) is 6.50. The van der Waals surface area contributed by atoms with Gasteiger partial charge in [0.2, 0.25) is 5.91 Å². The number of ketones is 1. The Morgan fingerprint density at radius 3 is 2.46 bits per heavy atom. The normalized spacial score (nSPS) is 19.5. The van der Waals surface area contributed by atoms with E-state index in [1.165, 1.54) is 23.2 Å². The highest BCUT2D eigenvalue weighted by Crippen LogP contribution is 2.47. The van der Waals surface area contributed by atoms with Gasteiger partial charge in [0.1, 0.15) is 11.5 Å². The SMILES string of the molecule is CC1(C)CC(=O)C2=C(C1)N(Nc1cc(=O)[nH]nc1-c1ccccc1)C(=O)C[C@H]2c1ccc(F)cc1. The molecule has 1 atom stereocenters. The van der Waals surface area contributed by atoms with Crippen molar-refractivity contribution in [3.05, 3.63) is 93.7 Å². The van der Waals surface area contributed by atoms with Crippen LogP contribution in [-0.2, 0) is 9.59 Å². The molecule has 1 aromatic heterocycles. The maximum Gasteiger partial charge on any atom is 0.266 e. The molecule has 0 fully saturated rings. The van der Waals surface area contributed by atoms with Gasteiger partial charge in [0.25, 0.3) is 5.56 Å². The van der Waals surface area contributed by atoms with Crippen molar-refractivity contribution in [2.45, 2.75) is 39.0 Å². The zero-order valence-corrected chi connectivity index (χ0v) is 19.5. The number of nitrogens with zero attached hydrogens (tertiary/aromatic N) is 2. The molecule has 0 unspecified atom stereocenters. The van der Waals surface area contributed by atoms with Gasteiger partial charge in [0, 0.05) is 36.0 Å². The average Bonchev–Trinajstić information content (AvgIpc) is 2.81. The number of hydrazine groups is 1. The molecular weight excluding hydrogens is 447 g/mol. The Bertz CT molecular complexity index is 1390. The molecule has 0 bridgehead atoms. The number of nitrogens with one attached hydrogen (secondary N) is 2. The Labute approximate surface area is 201 Å². The molecule has 1 amide bonds. The van der Waals surface area contributed by atoms with Crippen molar-refractivity contribution in [1.82, 2.24) is 15.2 Å². The van der Waals surface area contributed by atoms with Crippen molar-refractivity contribution in [3.8, 4) is 11.3 Å². The highest BCUT2D eigenvalue weighted by molar-refractivity contribution is 6.02. The molecule has 178 valence electrons. The first-order valence-corrected chi connectivity index (χ1v) is 11.5. The molecular formula is C27H25FN4O3. The van der Waals surface area contributed by atoms with Gasteiger partial charge >= 0.3 is 0 Å². The van der Waals surface area contributed by atoms with Crippen molar-refractivity contribution in [3.63, 3.8) is 0 Å². The van der Waals surface area contributed by atoms with E-state index in [4.69, 9.17) is 0 Å². The molecule has 0 saturated carbocycles. The first-order valence-electron chi connectivity index (χ1n) is 11.5. The predicted molar refractivity (Wildman–Crippen MR) is 130 cm³/mol. The van der Waals surface area contributed by atoms with Gasteiger partial charge in [-0.3, -0.25) is 19.8 Å². The summed E-state index contributed by atoms with van der Waals surface area (Å²) in [6, 6.07) is 16.6. The summed E-state index contributed by atoms with van der Waals surface area (Å²) in [5.74, 6) is -1.11. The van der Waals surface area contributed by atoms with Gasteiger partial charge in [-0.25, -0.2) is 14.5 Å². The first kappa shape index (κ1) is 22.7. The number of anilines is 1. The van der Waals surface area contributed by atoms with Crippen molar-refractivity contribution >= 4 is 17.4 Å². The third-order valence-corrected chi connectivity index (χ3v) is 6.50. The van der Waals surface area contributed by atoms with E-state index in [9.17, 15) is 18.8 Å². The van der Waals surface area contributed by atoms with Gasteiger partial charge in [0.05, 0.1) is 11.4 Å². The van der Waals surface area contributed by atoms with Crippen molar-refractivity contribution in [2.75, 3.05) is 5.43 Å². The topological polar surface area (TPSA) is 95.2 Å². The molecule has 3 aromatic rings. The van der Waals surface area contributed by atoms with Crippen LogP contribution in [0.4, 0.5) is 10.1 Å². The van der Waals surface area contributed by atoms with Crippen LogP contribution in [0.5, 0.6) is 0 Å². The summed E-state index contributed by atoms with van der Waals surface area (Å²) >= 11 is 0. The number of benzene rings is 2. The van der Waals surface area contributed by atoms with E-state index in [2.05, 4.69) is 15.6 Å². The van der Waals surface area contributed by atoms with Crippen molar-refractivity contribution < 1.29 is 14.0 Å². The second kappa shape index (κ2) is 8.61. The quantitative estimate of drug-likeness (QED) is 0.580. The van der Waals surface area contributed by atoms with Crippen molar-refractivity contribution in [2.24, 2.45) is 5.41 Å². The summed E-state index contributed by atoms with van der Waals surface area (Å²) < 4.78 is 13.6. The molecule has 1 aliphatic heterocycles. The number of carbonyl (C=O) groups is 2. The standard InChI is InChI=1S/C27H25FN4O3/c1-27(2)14-21-25(22(33)15-27)19(16-8-10-18(28)11-9-16)12-24(35)32(21)31-20-13-23(34)29-30-26(20)17-6-4-3-5-7-17/h3-11,13,19H,12,14-15H2,1-2H3,(H2,29,31,34)/t19-/m0/s1. The molecule has 1 aliphatic carbocycles. The van der Waals surface area contributed by atoms with E-state index in [-0.39, 0.29) is 29.3 Å². The summed E-state index contributed by atoms with van der Waals surface area (Å²) in [6.45, 7) is 3.98. The third kappa shape index (κ3) is 4.39. The van der Waals surface area contributed by atoms with Gasteiger partial charge in [-0.2, -0.15) is 5.10 Å². The van der Waals surface area contributed by atoms with Crippen LogP contribution in [0, 0.1) is 11.2 Å². The van der Waals surface area contributed by atoms with Crippen LogP contribution in [0.3, 0.4) is 0 Å². The fourth-order valence-corrected chi connectivity index (χ4v) is 4.95. The Kier molecular flexibility index (Phi) is 5.59. The maximum absolute atomic E-state index is 13.6. The zero-order valence-electron chi connectivity index (χ0n) is 19.5. The Balaban J connectivity index is 1.62. The van der Waals surface area contributed by atoms with Crippen LogP contribution < -0.4 is 11.0 Å². The lowest BCUT2D eigenvalue weighted by molar-refractivity contribution is -0.130. The number of rotatable bonds is 4. The van der Waals surface area contributed by atoms with E-state index in [1.54, 1.807) is 12.1 Å². The van der Waals surface area contributed by atoms with Crippen LogP contribution in [0.1, 0.15) is 44.6 Å². The molecule has 2 heterocycles. The van der Waals surface area contributed by atoms with E-state index >= 15 is 0 Å². The molecule has 2 N–H and O–H groups in total. The summed E-state index contributed by atoms with van der Waals surface area (Å²) in [7, 11) is 0. The van der Waals surface area contributed by atoms with Crippen LogP contribution in [0.15, 0.2) is 76.7 Å². The van der Waals surface area contributed by atoms with Crippen LogP contribution in [0.25, 0.3) is 11.3 Å². The lowest BCUT2D eigenvalue weighted by Gasteiger charge is -2.43. The van der Waals surface area contributed by atoms with Gasteiger partial charge in [0.15, 0.2) is 5.78 Å². The monoisotopic (exact) mass is 472 g/mol. The van der Waals surface area contributed by atoms with E-state index in [1.807, 2.05) is 44.2 Å². The smallest absolute Gasteiger partial charge is 0.266 e. The van der Waals surface area contributed by atoms with E-state index in [0.717, 1.165) is 11.1 Å². The minimum atomic E-state index is -0.453. The minimum absolute atomic E-state index is 0.0304. The number of aromatic nitrogens is 2. The summed E-state index contributed by atoms with van der Waals surface area (Å²) in [5, 5.41) is 8.05. The molecule has 2 aromatic carbocycles. The van der Waals surface area contributed by atoms with Crippen LogP contribution >= 0.6 is 0 Å². The molecule has 35 heavy (non-hydrogen) atoms. The molecule has 0 saturated heterocycles. The lowest BCUT2D eigenvalue weighted by atomic mass is 9.69. The average molecular weight is 473 g/mol. The van der Waals surface area contributed by atoms with E-state index < -0.39 is 11.5 Å². The zero-order chi connectivity index (χ0) is 24.7. The molecule has 7 nitrogen and oxygen atoms in total. The number of amides is 1. The predicted octanol–water partition coefficient (Wildman–Crippen LogP) is 4.56. The number of allylic oxidation sites excluding steroid dienone is 2. The van der Waals surface area contributed by atoms with Crippen LogP contribution in [-0.4, -0.2) is 26.9 Å². The summed E-state index contributed by atoms with van der Waals surface area (Å²) in [6.07, 6.45) is 0.885. The first-order chi connectivity index (χ1) is 16.7. The maximum atomic E-state index is 13.6. The second-order valence-electron chi connectivity index (χ2n) is 9.81. The lowest BCUT2D eigenvalue weighted by Crippen LogP contribution is -2.46. The molecule has 5 rings (SSSR count). The molecule has 0 radical (unpaired) electrons. The number of carbonyl (C=O) groups excluding carboxylic acids is 2. The number of hydrogen-bond donors (Lipinski definition) is 2. The Morgan fingerprint density at radius 2 is 1.74 bits per heavy atom. The fraction of sp³-hybridized carbons (Fsp3) is 0.259. The number of hydrogen-bond acceptors (Lipinski definition) is 5. The summed E-state index contributed by atoms with van der Waals surface area (Å²) in [5.41, 5.74) is 5.79. The van der Waals surface area contributed by atoms with Gasteiger partial charge in [-0.05, 0) is 29.5 Å². The highest BCUT2D eigenvalue weighted by atomic mass is 19.1.